The Morgan fingerprint density at radius 1 is 0.979 bits per heavy atom. The predicted molar refractivity (Wildman–Crippen MR) is 200 cm³/mol. The Bertz CT molecular complexity index is 1760. The summed E-state index contributed by atoms with van der Waals surface area (Å²) >= 11 is 3.70. The van der Waals surface area contributed by atoms with Crippen molar-refractivity contribution in [3.05, 3.63) is 70.5 Å². The molecule has 0 amide bonds. The summed E-state index contributed by atoms with van der Waals surface area (Å²) in [6.07, 6.45) is 11.9. The molecular weight excluding hydrogens is 671 g/mol. The molecule has 7 rings (SSSR count). The van der Waals surface area contributed by atoms with E-state index in [4.69, 9.17) is 14.7 Å². The van der Waals surface area contributed by atoms with Crippen molar-refractivity contribution >= 4 is 68.9 Å². The van der Waals surface area contributed by atoms with Crippen LogP contribution in [0.5, 0.6) is 5.75 Å². The lowest BCUT2D eigenvalue weighted by Gasteiger charge is -2.41. The van der Waals surface area contributed by atoms with Crippen LogP contribution in [0.4, 0.5) is 28.8 Å². The van der Waals surface area contributed by atoms with E-state index < -0.39 is 0 Å². The van der Waals surface area contributed by atoms with E-state index in [2.05, 4.69) is 102 Å². The van der Waals surface area contributed by atoms with Gasteiger partial charge in [0.2, 0.25) is 5.95 Å². The molecule has 0 aliphatic carbocycles. The number of allylic oxidation sites excluding steroid dienone is 2. The maximum Gasteiger partial charge on any atom is 0.229 e. The van der Waals surface area contributed by atoms with Crippen molar-refractivity contribution in [2.45, 2.75) is 39.2 Å². The van der Waals surface area contributed by atoms with Crippen molar-refractivity contribution in [2.75, 3.05) is 74.2 Å². The number of piperazine rings is 1. The van der Waals surface area contributed by atoms with Crippen LogP contribution >= 0.6 is 23.9 Å². The van der Waals surface area contributed by atoms with E-state index >= 15 is 0 Å². The van der Waals surface area contributed by atoms with E-state index in [1.807, 2.05) is 6.92 Å². The molecule has 47 heavy (non-hydrogen) atoms. The monoisotopic (exact) mass is 714 g/mol. The lowest BCUT2D eigenvalue weighted by atomic mass is 9.99. The fourth-order valence-corrected chi connectivity index (χ4v) is 9.75. The number of piperidine rings is 1. The van der Waals surface area contributed by atoms with Gasteiger partial charge in [-0.05, 0) is 84.3 Å². The first-order chi connectivity index (χ1) is 23.0. The SMILES string of the molecule is CCc1cc(Nc2ncc(Br)c(Nc3ccc4nc(C)ccc4c3P3CC=CC3)n2)c(OC)cc1N1CCC(N2CCNCC2)CC1. The number of nitrogens with one attached hydrogen (secondary N) is 3. The summed E-state index contributed by atoms with van der Waals surface area (Å²) in [6, 6.07) is 13.7. The Morgan fingerprint density at radius 3 is 2.51 bits per heavy atom. The molecule has 0 radical (unpaired) electrons. The predicted octanol–water partition coefficient (Wildman–Crippen LogP) is 6.70. The number of halogens is 1. The Hall–Kier alpha value is -3.30. The number of anilines is 5. The summed E-state index contributed by atoms with van der Waals surface area (Å²) in [6.45, 7) is 10.9. The third-order valence-electron chi connectivity index (χ3n) is 9.62. The summed E-state index contributed by atoms with van der Waals surface area (Å²) in [5.74, 6) is 2.01. The maximum atomic E-state index is 5.94. The van der Waals surface area contributed by atoms with E-state index in [0.29, 0.717) is 17.8 Å². The fourth-order valence-electron chi connectivity index (χ4n) is 7.13. The summed E-state index contributed by atoms with van der Waals surface area (Å²) in [7, 11) is 1.37. The van der Waals surface area contributed by atoms with Gasteiger partial charge in [0.1, 0.15) is 11.6 Å². The van der Waals surface area contributed by atoms with Crippen molar-refractivity contribution in [3.63, 3.8) is 0 Å². The quantitative estimate of drug-likeness (QED) is 0.129. The van der Waals surface area contributed by atoms with Gasteiger partial charge in [0.25, 0.3) is 0 Å². The second kappa shape index (κ2) is 14.4. The van der Waals surface area contributed by atoms with Crippen LogP contribution < -0.4 is 30.9 Å². The number of pyridine rings is 1. The van der Waals surface area contributed by atoms with Crippen LogP contribution in [0.3, 0.4) is 0 Å². The van der Waals surface area contributed by atoms with E-state index in [0.717, 1.165) is 90.8 Å². The van der Waals surface area contributed by atoms with Gasteiger partial charge in [-0.25, -0.2) is 4.98 Å². The number of aromatic nitrogens is 3. The van der Waals surface area contributed by atoms with Gasteiger partial charge in [-0.1, -0.05) is 33.1 Å². The summed E-state index contributed by atoms with van der Waals surface area (Å²) in [4.78, 5) is 19.6. The second-order valence-corrected chi connectivity index (χ2v) is 15.6. The lowest BCUT2D eigenvalue weighted by molar-refractivity contribution is 0.150. The zero-order valence-electron chi connectivity index (χ0n) is 27.5. The highest BCUT2D eigenvalue weighted by atomic mass is 79.9. The number of methoxy groups -OCH3 is 1. The normalized spacial score (nSPS) is 17.8. The first-order valence-electron chi connectivity index (χ1n) is 16.8. The van der Waals surface area contributed by atoms with Crippen LogP contribution in [-0.4, -0.2) is 84.6 Å². The first-order valence-corrected chi connectivity index (χ1v) is 19.3. The highest BCUT2D eigenvalue weighted by molar-refractivity contribution is 9.10. The summed E-state index contributed by atoms with van der Waals surface area (Å²) in [5, 5.41) is 13.2. The topological polar surface area (TPSA) is 90.5 Å². The van der Waals surface area contributed by atoms with E-state index in [1.165, 1.54) is 34.8 Å². The number of hydrogen-bond donors (Lipinski definition) is 3. The number of nitrogens with zero attached hydrogens (tertiary/aromatic N) is 5. The van der Waals surface area contributed by atoms with Gasteiger partial charge in [-0.3, -0.25) is 9.88 Å². The Morgan fingerprint density at radius 2 is 1.77 bits per heavy atom. The summed E-state index contributed by atoms with van der Waals surface area (Å²) < 4.78 is 6.74. The molecule has 4 aromatic rings. The van der Waals surface area contributed by atoms with Gasteiger partial charge in [0.05, 0.1) is 22.8 Å². The van der Waals surface area contributed by atoms with Gasteiger partial charge in [-0.2, -0.15) is 4.98 Å². The van der Waals surface area contributed by atoms with Gasteiger partial charge in [0, 0.05) is 85.3 Å². The van der Waals surface area contributed by atoms with Gasteiger partial charge in [-0.15, -0.1) is 0 Å². The molecule has 0 saturated carbocycles. The highest BCUT2D eigenvalue weighted by Gasteiger charge is 2.27. The van der Waals surface area contributed by atoms with Gasteiger partial charge < -0.3 is 25.6 Å². The van der Waals surface area contributed by atoms with Crippen LogP contribution in [-0.2, 0) is 6.42 Å². The van der Waals surface area contributed by atoms with Crippen LogP contribution in [0, 0.1) is 6.92 Å². The number of aryl methyl sites for hydroxylation is 2. The molecule has 0 spiro atoms. The minimum absolute atomic E-state index is 0.365. The number of fused-ring (bicyclic) bond motifs is 1. The van der Waals surface area contributed by atoms with Crippen molar-refractivity contribution in [1.29, 1.82) is 0 Å². The second-order valence-electron chi connectivity index (χ2n) is 12.5. The average Bonchev–Trinajstić information content (AvgIpc) is 3.64. The van der Waals surface area contributed by atoms with Crippen LogP contribution in [0.2, 0.25) is 0 Å². The zero-order valence-corrected chi connectivity index (χ0v) is 30.0. The molecule has 0 bridgehead atoms. The molecule has 9 nitrogen and oxygen atoms in total. The Kier molecular flexibility index (Phi) is 9.91. The zero-order chi connectivity index (χ0) is 32.3. The lowest BCUT2D eigenvalue weighted by Crippen LogP contribution is -2.52. The van der Waals surface area contributed by atoms with Gasteiger partial charge >= 0.3 is 0 Å². The summed E-state index contributed by atoms with van der Waals surface area (Å²) in [5.41, 5.74) is 6.56. The molecule has 5 heterocycles. The number of benzene rings is 2. The van der Waals surface area contributed by atoms with Crippen molar-refractivity contribution in [2.24, 2.45) is 0 Å². The van der Waals surface area contributed by atoms with E-state index in [1.54, 1.807) is 13.3 Å². The molecule has 2 aromatic heterocycles. The number of rotatable bonds is 9. The van der Waals surface area contributed by atoms with Crippen LogP contribution in [0.15, 0.2) is 59.2 Å². The molecule has 11 heteroatoms. The van der Waals surface area contributed by atoms with Crippen molar-refractivity contribution in [1.82, 2.24) is 25.2 Å². The molecule has 246 valence electrons. The van der Waals surface area contributed by atoms with Crippen molar-refractivity contribution in [3.8, 4) is 5.75 Å². The highest BCUT2D eigenvalue weighted by Crippen LogP contribution is 2.44. The third-order valence-corrected chi connectivity index (χ3v) is 12.6. The first kappa shape index (κ1) is 32.3. The molecule has 3 aliphatic rings. The molecule has 2 aromatic carbocycles. The molecule has 3 N–H and O–H groups in total. The minimum atomic E-state index is -0.365. The molecular formula is C36H44BrN8OP. The fraction of sp³-hybridized carbons (Fsp3) is 0.417. The molecule has 0 unspecified atom stereocenters. The number of ether oxygens (including phenoxy) is 1. The largest absolute Gasteiger partial charge is 0.494 e. The molecule has 2 fully saturated rings. The van der Waals surface area contributed by atoms with Gasteiger partial charge in [0.15, 0.2) is 0 Å². The standard InChI is InChI=1S/C36H44BrN8OP/c1-4-25-21-31(33(46-3)22-32(25)45-15-11-26(12-16-45)44-17-13-38-14-18-44)42-36-39-23-28(37)35(43-36)41-30-10-9-29-27(8-7-24(2)40-29)34(30)47-19-5-6-20-47/h5-10,21-23,26,38H,4,11-20H2,1-3H3,(H2,39,41,42,43). The van der Waals surface area contributed by atoms with E-state index in [-0.39, 0.29) is 7.92 Å². The van der Waals surface area contributed by atoms with Crippen LogP contribution in [0.25, 0.3) is 10.9 Å². The van der Waals surface area contributed by atoms with Crippen molar-refractivity contribution < 1.29 is 4.74 Å². The smallest absolute Gasteiger partial charge is 0.229 e. The Labute approximate surface area is 287 Å². The molecule has 0 atom stereocenters. The Balaban J connectivity index is 1.13. The molecule has 3 aliphatic heterocycles. The van der Waals surface area contributed by atoms with E-state index in [9.17, 15) is 0 Å². The third kappa shape index (κ3) is 6.98. The average molecular weight is 716 g/mol. The van der Waals surface area contributed by atoms with Crippen LogP contribution in [0.1, 0.15) is 31.0 Å². The molecule has 2 saturated heterocycles. The number of hydrogen-bond acceptors (Lipinski definition) is 9. The maximum absolute atomic E-state index is 5.94. The minimum Gasteiger partial charge on any atom is -0.494 e.